The van der Waals surface area contributed by atoms with Crippen molar-refractivity contribution >= 4 is 58.2 Å². The minimum atomic E-state index is -4.58. The predicted molar refractivity (Wildman–Crippen MR) is 219 cm³/mol. The largest absolute Gasteiger partial charge is 0.650 e. The number of hydrogen-bond donors (Lipinski definition) is 0. The van der Waals surface area contributed by atoms with E-state index in [4.69, 9.17) is 22.8 Å². The lowest BCUT2D eigenvalue weighted by atomic mass is 9.86. The van der Waals surface area contributed by atoms with Gasteiger partial charge in [0.1, 0.15) is 11.5 Å². The van der Waals surface area contributed by atoms with E-state index in [2.05, 4.69) is 97.1 Å². The highest BCUT2D eigenvalue weighted by Crippen LogP contribution is 2.64. The Balaban J connectivity index is 1.31. The highest BCUT2D eigenvalue weighted by atomic mass is 31.2. The lowest BCUT2D eigenvalue weighted by molar-refractivity contribution is 0.00578. The molecule has 0 atom stereocenters. The van der Waals surface area contributed by atoms with Crippen LogP contribution in [0, 0.1) is 0 Å². The third kappa shape index (κ3) is 5.34. The second kappa shape index (κ2) is 12.0. The van der Waals surface area contributed by atoms with Crippen molar-refractivity contribution in [3.63, 3.8) is 0 Å². The molecule has 0 aromatic heterocycles. The Morgan fingerprint density at radius 2 is 0.870 bits per heavy atom. The van der Waals surface area contributed by atoms with E-state index in [1.165, 1.54) is 0 Å². The smallest absolute Gasteiger partial charge is 0.394 e. The number of phosphoric acid groups is 1. The highest BCUT2D eigenvalue weighted by molar-refractivity contribution is 7.50. The van der Waals surface area contributed by atoms with E-state index in [-0.39, 0.29) is 0 Å². The zero-order valence-corrected chi connectivity index (χ0v) is 31.2. The molecular formula is C46H36BO6P. The minimum absolute atomic E-state index is 0.392. The van der Waals surface area contributed by atoms with Gasteiger partial charge >= 0.3 is 15.1 Å². The number of hydrogen-bond acceptors (Lipinski definition) is 6. The van der Waals surface area contributed by atoms with Crippen molar-refractivity contribution < 1.29 is 27.4 Å². The van der Waals surface area contributed by atoms with Crippen molar-refractivity contribution in [2.75, 3.05) is 0 Å². The van der Waals surface area contributed by atoms with E-state index in [0.717, 1.165) is 76.5 Å². The number of fused-ring (bicyclic) bond motifs is 9. The van der Waals surface area contributed by atoms with Crippen LogP contribution in [0.4, 0.5) is 0 Å². The van der Waals surface area contributed by atoms with E-state index in [9.17, 15) is 0 Å². The number of phosphoric ester groups is 1. The molecule has 2 aliphatic rings. The molecule has 2 heterocycles. The normalized spacial score (nSPS) is 16.9. The molecule has 0 aliphatic carbocycles. The molecule has 6 nitrogen and oxygen atoms in total. The Hall–Kier alpha value is -5.43. The van der Waals surface area contributed by atoms with Crippen LogP contribution in [0.1, 0.15) is 27.7 Å². The molecule has 1 fully saturated rings. The zero-order valence-electron chi connectivity index (χ0n) is 30.3. The molecule has 0 saturated carbocycles. The molecule has 0 radical (unpaired) electrons. The summed E-state index contributed by atoms with van der Waals surface area (Å²) in [4.78, 5) is 0. The number of benzene rings is 8. The topological polar surface area (TPSA) is 63.2 Å². The second-order valence-corrected chi connectivity index (χ2v) is 16.6. The van der Waals surface area contributed by atoms with Crippen LogP contribution in [0.25, 0.3) is 76.5 Å². The standard InChI is InChI=1S/C46H36BO6P/c1-45(2)46(3,4)52-47(51-45)53-54(48)49-43-39(35-23-21-29-13-5-7-15-31(29)25-35)27-33-17-9-11-19-37(33)41(43)42-38-20-12-10-18-34(38)28-40(44(42)50-54)36-24-22-30-14-6-8-16-32(30)26-36/h5-28H,1-4H3. The van der Waals surface area contributed by atoms with Gasteiger partial charge in [-0.15, -0.1) is 0 Å². The first kappa shape index (κ1) is 33.2. The Morgan fingerprint density at radius 3 is 1.31 bits per heavy atom. The van der Waals surface area contributed by atoms with E-state index >= 15 is 4.57 Å². The fraction of sp³-hybridized carbons (Fsp3) is 0.130. The SMILES string of the molecule is CC1(C)OB(OP2(=O)Oc3c(-c4ccc5ccccc5c4)cc4ccccc4c3-c3c(c(-c4ccc5ccccc5c4)cc4ccccc34)O2)OC1(C)C. The zero-order chi connectivity index (χ0) is 36.8. The average Bonchev–Trinajstić information content (AvgIpc) is 3.28. The molecule has 10 rings (SSSR count). The second-order valence-electron chi connectivity index (χ2n) is 15.1. The Labute approximate surface area is 314 Å². The molecule has 8 heteroatoms. The summed E-state index contributed by atoms with van der Waals surface area (Å²) in [5, 5.41) is 8.21. The van der Waals surface area contributed by atoms with Gasteiger partial charge in [0.2, 0.25) is 0 Å². The molecule has 1 saturated heterocycles. The molecule has 54 heavy (non-hydrogen) atoms. The van der Waals surface area contributed by atoms with Gasteiger partial charge in [-0.25, -0.2) is 4.57 Å². The molecule has 0 amide bonds. The molecule has 0 unspecified atom stereocenters. The Morgan fingerprint density at radius 1 is 0.481 bits per heavy atom. The molecular weight excluding hydrogens is 690 g/mol. The van der Waals surface area contributed by atoms with Crippen LogP contribution in [0.3, 0.4) is 0 Å². The van der Waals surface area contributed by atoms with E-state index in [1.54, 1.807) is 0 Å². The summed E-state index contributed by atoms with van der Waals surface area (Å²) in [6.45, 7) is 7.67. The van der Waals surface area contributed by atoms with Crippen LogP contribution >= 0.6 is 7.82 Å². The van der Waals surface area contributed by atoms with Crippen LogP contribution in [-0.4, -0.2) is 18.5 Å². The van der Waals surface area contributed by atoms with Gasteiger partial charge in [0, 0.05) is 22.3 Å². The third-order valence-corrected chi connectivity index (χ3v) is 12.5. The Kier molecular flexibility index (Phi) is 7.40. The third-order valence-electron chi connectivity index (χ3n) is 11.2. The summed E-state index contributed by atoms with van der Waals surface area (Å²) < 4.78 is 48.0. The first-order valence-electron chi connectivity index (χ1n) is 18.2. The number of rotatable bonds is 4. The maximum atomic E-state index is 15.6. The maximum Gasteiger partial charge on any atom is 0.650 e. The van der Waals surface area contributed by atoms with Crippen molar-refractivity contribution in [3.05, 3.63) is 146 Å². The Bertz CT molecular complexity index is 2690. The van der Waals surface area contributed by atoms with Gasteiger partial charge in [-0.1, -0.05) is 121 Å². The van der Waals surface area contributed by atoms with Gasteiger partial charge in [0.15, 0.2) is 0 Å². The quantitative estimate of drug-likeness (QED) is 0.133. The molecule has 0 N–H and O–H groups in total. The summed E-state index contributed by atoms with van der Waals surface area (Å²) in [5.41, 5.74) is 3.33. The monoisotopic (exact) mass is 726 g/mol. The molecule has 2 aliphatic heterocycles. The maximum absolute atomic E-state index is 15.6. The summed E-state index contributed by atoms with van der Waals surface area (Å²) in [7, 11) is -5.90. The van der Waals surface area contributed by atoms with E-state index in [1.807, 2.05) is 76.2 Å². The van der Waals surface area contributed by atoms with Gasteiger partial charge in [-0.2, -0.15) is 0 Å². The summed E-state index contributed by atoms with van der Waals surface area (Å²) >= 11 is 0. The van der Waals surface area contributed by atoms with Crippen LogP contribution in [0.5, 0.6) is 11.5 Å². The fourth-order valence-corrected chi connectivity index (χ4v) is 8.96. The first-order valence-corrected chi connectivity index (χ1v) is 19.7. The molecule has 8 aromatic rings. The van der Waals surface area contributed by atoms with Gasteiger partial charge in [-0.05, 0) is 106 Å². The predicted octanol–water partition coefficient (Wildman–Crippen LogP) is 12.8. The molecule has 0 spiro atoms. The first-order chi connectivity index (χ1) is 26.1. The van der Waals surface area contributed by atoms with Crippen molar-refractivity contribution in [1.29, 1.82) is 0 Å². The lowest BCUT2D eigenvalue weighted by Gasteiger charge is -2.31. The van der Waals surface area contributed by atoms with E-state index in [0.29, 0.717) is 11.5 Å². The van der Waals surface area contributed by atoms with Crippen LogP contribution in [0.2, 0.25) is 0 Å². The van der Waals surface area contributed by atoms with Crippen LogP contribution in [-0.2, 0) is 18.3 Å². The van der Waals surface area contributed by atoms with Gasteiger partial charge in [-0.3, -0.25) is 4.44 Å². The van der Waals surface area contributed by atoms with Crippen molar-refractivity contribution in [1.82, 2.24) is 0 Å². The summed E-state index contributed by atoms with van der Waals surface area (Å²) in [6, 6.07) is 49.7. The molecule has 264 valence electrons. The minimum Gasteiger partial charge on any atom is -0.394 e. The van der Waals surface area contributed by atoms with Gasteiger partial charge < -0.3 is 18.4 Å². The van der Waals surface area contributed by atoms with Crippen LogP contribution < -0.4 is 9.05 Å². The molecule has 0 bridgehead atoms. The van der Waals surface area contributed by atoms with Crippen molar-refractivity contribution in [2.24, 2.45) is 0 Å². The summed E-state index contributed by atoms with van der Waals surface area (Å²) in [5.74, 6) is 0.784. The van der Waals surface area contributed by atoms with Crippen molar-refractivity contribution in [3.8, 4) is 44.9 Å². The van der Waals surface area contributed by atoms with Crippen molar-refractivity contribution in [2.45, 2.75) is 38.9 Å². The lowest BCUT2D eigenvalue weighted by Crippen LogP contribution is -2.41. The molecule has 8 aromatic carbocycles. The van der Waals surface area contributed by atoms with Gasteiger partial charge in [0.25, 0.3) is 0 Å². The van der Waals surface area contributed by atoms with Gasteiger partial charge in [0.05, 0.1) is 11.2 Å². The average molecular weight is 727 g/mol. The fourth-order valence-electron chi connectivity index (χ4n) is 7.71. The van der Waals surface area contributed by atoms with Crippen LogP contribution in [0.15, 0.2) is 146 Å². The van der Waals surface area contributed by atoms with E-state index < -0.39 is 26.3 Å². The summed E-state index contributed by atoms with van der Waals surface area (Å²) in [6.07, 6.45) is 0. The highest BCUT2D eigenvalue weighted by Gasteiger charge is 2.57.